The Morgan fingerprint density at radius 3 is 2.57 bits per heavy atom. The summed E-state index contributed by atoms with van der Waals surface area (Å²) in [5.74, 6) is 0.428. The van der Waals surface area contributed by atoms with Crippen molar-refractivity contribution in [3.05, 3.63) is 88.5 Å². The molecule has 1 aromatic carbocycles. The zero-order chi connectivity index (χ0) is 21.3. The van der Waals surface area contributed by atoms with Crippen LogP contribution in [0.3, 0.4) is 0 Å². The topological polar surface area (TPSA) is 76.2 Å². The normalized spacial score (nSPS) is 18.6. The number of nitro benzene ring substituents is 1. The summed E-state index contributed by atoms with van der Waals surface area (Å²) in [5, 5.41) is 15.2. The molecular weight excluding hydrogens is 398 g/mol. The van der Waals surface area contributed by atoms with Crippen LogP contribution < -0.4 is 5.32 Å². The molecule has 2 aromatic heterocycles. The number of pyridine rings is 1. The van der Waals surface area contributed by atoms with Gasteiger partial charge < -0.3 is 14.8 Å². The van der Waals surface area contributed by atoms with Crippen molar-refractivity contribution in [1.29, 1.82) is 0 Å². The summed E-state index contributed by atoms with van der Waals surface area (Å²) in [6, 6.07) is 16.4. The lowest BCUT2D eigenvalue weighted by Crippen LogP contribution is -2.33. The third-order valence-corrected chi connectivity index (χ3v) is 5.53. The Balaban J connectivity index is 1.78. The summed E-state index contributed by atoms with van der Waals surface area (Å²) in [7, 11) is 0. The minimum atomic E-state index is -0.388. The van der Waals surface area contributed by atoms with Crippen LogP contribution in [0.5, 0.6) is 0 Å². The Labute approximate surface area is 180 Å². The van der Waals surface area contributed by atoms with E-state index in [0.29, 0.717) is 11.0 Å². The van der Waals surface area contributed by atoms with Crippen molar-refractivity contribution in [2.45, 2.75) is 25.9 Å². The number of non-ortho nitro benzene ring substituents is 1. The number of rotatable bonds is 6. The molecule has 0 bridgehead atoms. The van der Waals surface area contributed by atoms with Gasteiger partial charge in [0.1, 0.15) is 0 Å². The molecule has 0 saturated carbocycles. The summed E-state index contributed by atoms with van der Waals surface area (Å²) in [6.07, 6.45) is 3.76. The van der Waals surface area contributed by atoms with E-state index in [1.807, 2.05) is 30.5 Å². The first-order valence-corrected chi connectivity index (χ1v) is 10.3. The van der Waals surface area contributed by atoms with E-state index in [2.05, 4.69) is 39.7 Å². The van der Waals surface area contributed by atoms with Crippen molar-refractivity contribution in [2.24, 2.45) is 5.92 Å². The molecule has 1 N–H and O–H groups in total. The van der Waals surface area contributed by atoms with Gasteiger partial charge >= 0.3 is 0 Å². The van der Waals surface area contributed by atoms with Gasteiger partial charge in [0.05, 0.1) is 22.7 Å². The van der Waals surface area contributed by atoms with Gasteiger partial charge in [-0.05, 0) is 54.5 Å². The molecule has 4 rings (SSSR count). The third-order valence-electron chi connectivity index (χ3n) is 5.18. The van der Waals surface area contributed by atoms with E-state index >= 15 is 0 Å². The first kappa shape index (κ1) is 20.0. The number of benzene rings is 1. The van der Waals surface area contributed by atoms with Gasteiger partial charge in [-0.3, -0.25) is 15.1 Å². The van der Waals surface area contributed by atoms with E-state index in [-0.39, 0.29) is 22.7 Å². The number of aromatic nitrogens is 2. The Bertz CT molecular complexity index is 1050. The predicted molar refractivity (Wildman–Crippen MR) is 119 cm³/mol. The van der Waals surface area contributed by atoms with E-state index in [1.165, 1.54) is 12.1 Å². The fourth-order valence-corrected chi connectivity index (χ4v) is 4.24. The summed E-state index contributed by atoms with van der Waals surface area (Å²) in [4.78, 5) is 17.4. The first-order chi connectivity index (χ1) is 14.5. The average molecular weight is 422 g/mol. The summed E-state index contributed by atoms with van der Waals surface area (Å²) in [6.45, 7) is 5.15. The second kappa shape index (κ2) is 8.23. The predicted octanol–water partition coefficient (Wildman–Crippen LogP) is 4.41. The molecule has 1 aliphatic heterocycles. The van der Waals surface area contributed by atoms with Crippen molar-refractivity contribution in [3.8, 4) is 5.69 Å². The number of thiocarbonyl (C=S) groups is 1. The molecular formula is C22H23N5O2S. The minimum Gasteiger partial charge on any atom is -0.352 e. The smallest absolute Gasteiger partial charge is 0.269 e. The van der Waals surface area contributed by atoms with Crippen LogP contribution in [-0.2, 0) is 0 Å². The van der Waals surface area contributed by atoms with Gasteiger partial charge in [-0.15, -0.1) is 0 Å². The Kier molecular flexibility index (Phi) is 5.50. The van der Waals surface area contributed by atoms with Gasteiger partial charge in [0, 0.05) is 42.5 Å². The molecule has 2 atom stereocenters. The summed E-state index contributed by atoms with van der Waals surface area (Å²) in [5.41, 5.74) is 2.91. The van der Waals surface area contributed by atoms with E-state index in [9.17, 15) is 10.1 Å². The van der Waals surface area contributed by atoms with Crippen LogP contribution >= 0.6 is 12.2 Å². The summed E-state index contributed by atoms with van der Waals surface area (Å²) < 4.78 is 2.06. The van der Waals surface area contributed by atoms with E-state index in [0.717, 1.165) is 23.6 Å². The zero-order valence-electron chi connectivity index (χ0n) is 16.8. The minimum absolute atomic E-state index is 0.0556. The molecule has 0 amide bonds. The van der Waals surface area contributed by atoms with Crippen molar-refractivity contribution in [2.75, 3.05) is 6.54 Å². The highest BCUT2D eigenvalue weighted by atomic mass is 32.1. The molecule has 1 fully saturated rings. The van der Waals surface area contributed by atoms with Gasteiger partial charge in [-0.2, -0.15) is 0 Å². The second-order valence-electron chi connectivity index (χ2n) is 7.75. The largest absolute Gasteiger partial charge is 0.352 e. The standard InChI is InChI=1S/C22H23N5O2S/c1-15(2)14-26-21(20(24-22(26)30)18-6-3-4-12-23-18)19-7-5-13-25(19)16-8-10-17(11-9-16)27(28)29/h3-13,15,20-21H,14H2,1-2H3,(H,24,30). The van der Waals surface area contributed by atoms with Crippen LogP contribution in [0.1, 0.15) is 37.3 Å². The molecule has 0 radical (unpaired) electrons. The van der Waals surface area contributed by atoms with Gasteiger partial charge in [0.2, 0.25) is 0 Å². The molecule has 7 nitrogen and oxygen atoms in total. The molecule has 3 aromatic rings. The van der Waals surface area contributed by atoms with Crippen LogP contribution in [0.25, 0.3) is 5.69 Å². The van der Waals surface area contributed by atoms with Crippen LogP contribution in [-0.4, -0.2) is 31.0 Å². The van der Waals surface area contributed by atoms with Crippen molar-refractivity contribution in [3.63, 3.8) is 0 Å². The Morgan fingerprint density at radius 2 is 1.93 bits per heavy atom. The van der Waals surface area contributed by atoms with Gasteiger partial charge in [0.25, 0.3) is 5.69 Å². The van der Waals surface area contributed by atoms with Crippen LogP contribution in [0.15, 0.2) is 67.0 Å². The molecule has 154 valence electrons. The molecule has 0 spiro atoms. The number of nitrogens with one attached hydrogen (secondary N) is 1. The fraction of sp³-hybridized carbons (Fsp3) is 0.273. The quantitative estimate of drug-likeness (QED) is 0.361. The van der Waals surface area contributed by atoms with Crippen molar-refractivity contribution < 1.29 is 4.92 Å². The van der Waals surface area contributed by atoms with Crippen LogP contribution in [0, 0.1) is 16.0 Å². The van der Waals surface area contributed by atoms with Gasteiger partial charge in [-0.1, -0.05) is 19.9 Å². The molecule has 1 saturated heterocycles. The summed E-state index contributed by atoms with van der Waals surface area (Å²) >= 11 is 5.70. The van der Waals surface area contributed by atoms with E-state index in [1.54, 1.807) is 18.3 Å². The van der Waals surface area contributed by atoms with Crippen molar-refractivity contribution in [1.82, 2.24) is 19.8 Å². The molecule has 0 aliphatic carbocycles. The van der Waals surface area contributed by atoms with E-state index < -0.39 is 0 Å². The average Bonchev–Trinajstić information content (AvgIpc) is 3.33. The SMILES string of the molecule is CC(C)CN1C(=S)NC(c2ccccn2)C1c1cccn1-c1ccc([N+](=O)[O-])cc1. The van der Waals surface area contributed by atoms with E-state index in [4.69, 9.17) is 12.2 Å². The zero-order valence-corrected chi connectivity index (χ0v) is 17.6. The molecule has 3 heterocycles. The Hall–Kier alpha value is -3.26. The second-order valence-corrected chi connectivity index (χ2v) is 8.14. The molecule has 8 heteroatoms. The number of nitrogens with zero attached hydrogens (tertiary/aromatic N) is 4. The highest BCUT2D eigenvalue weighted by molar-refractivity contribution is 7.80. The highest BCUT2D eigenvalue weighted by Gasteiger charge is 2.41. The van der Waals surface area contributed by atoms with Crippen molar-refractivity contribution >= 4 is 23.0 Å². The third kappa shape index (κ3) is 3.78. The lowest BCUT2D eigenvalue weighted by molar-refractivity contribution is -0.384. The fourth-order valence-electron chi connectivity index (χ4n) is 3.92. The maximum absolute atomic E-state index is 11.0. The molecule has 30 heavy (non-hydrogen) atoms. The lowest BCUT2D eigenvalue weighted by atomic mass is 10.0. The monoisotopic (exact) mass is 421 g/mol. The first-order valence-electron chi connectivity index (χ1n) is 9.86. The maximum Gasteiger partial charge on any atom is 0.269 e. The van der Waals surface area contributed by atoms with Gasteiger partial charge in [-0.25, -0.2) is 0 Å². The lowest BCUT2D eigenvalue weighted by Gasteiger charge is -2.30. The molecule has 1 aliphatic rings. The Morgan fingerprint density at radius 1 is 1.17 bits per heavy atom. The number of hydrogen-bond donors (Lipinski definition) is 1. The van der Waals surface area contributed by atoms with Crippen LogP contribution in [0.2, 0.25) is 0 Å². The number of hydrogen-bond acceptors (Lipinski definition) is 4. The highest BCUT2D eigenvalue weighted by Crippen LogP contribution is 2.39. The maximum atomic E-state index is 11.0. The number of nitro groups is 1. The molecule has 2 unspecified atom stereocenters. The van der Waals surface area contributed by atoms with Crippen LogP contribution in [0.4, 0.5) is 5.69 Å². The van der Waals surface area contributed by atoms with Gasteiger partial charge in [0.15, 0.2) is 5.11 Å².